The molecule has 234 valence electrons. The highest BCUT2D eigenvalue weighted by Crippen LogP contribution is 2.59. The highest BCUT2D eigenvalue weighted by molar-refractivity contribution is 6.01. The molecule has 0 fully saturated rings. The summed E-state index contributed by atoms with van der Waals surface area (Å²) in [4.78, 5) is 0. The van der Waals surface area contributed by atoms with Crippen molar-refractivity contribution in [3.8, 4) is 22.5 Å². The second kappa shape index (κ2) is 10.4. The molecule has 2 aromatic heterocycles. The lowest BCUT2D eigenvalue weighted by atomic mass is 9.54. The smallest absolute Gasteiger partial charge is 0.195 e. The molecule has 0 saturated heterocycles. The fourth-order valence-corrected chi connectivity index (χ4v) is 10.1. The summed E-state index contributed by atoms with van der Waals surface area (Å²) in [6.07, 6.45) is 12.8. The average molecular weight is 607 g/mol. The van der Waals surface area contributed by atoms with Crippen LogP contribution in [0.5, 0.6) is 0 Å². The molecule has 0 saturated carbocycles. The molecule has 2 aliphatic heterocycles. The fourth-order valence-electron chi connectivity index (χ4n) is 10.1. The van der Waals surface area contributed by atoms with E-state index in [9.17, 15) is 0 Å². The van der Waals surface area contributed by atoms with Crippen LogP contribution in [0.1, 0.15) is 113 Å². The Morgan fingerprint density at radius 2 is 1.63 bits per heavy atom. The van der Waals surface area contributed by atoms with E-state index >= 15 is 0 Å². The zero-order chi connectivity index (χ0) is 32.0. The van der Waals surface area contributed by atoms with Crippen LogP contribution in [0.15, 0.2) is 85.2 Å². The summed E-state index contributed by atoms with van der Waals surface area (Å²) in [6.45, 7) is 17.0. The van der Waals surface area contributed by atoms with E-state index in [0.717, 1.165) is 32.1 Å². The molecule has 3 atom stereocenters. The predicted molar refractivity (Wildman–Crippen MR) is 190 cm³/mol. The van der Waals surface area contributed by atoms with Gasteiger partial charge < -0.3 is 0 Å². The summed E-state index contributed by atoms with van der Waals surface area (Å²) in [5.41, 5.74) is 14.4. The minimum atomic E-state index is -0.0837. The molecular weight excluding hydrogens is 556 g/mol. The van der Waals surface area contributed by atoms with Crippen LogP contribution in [-0.2, 0) is 29.2 Å². The van der Waals surface area contributed by atoms with Crippen molar-refractivity contribution in [2.75, 3.05) is 0 Å². The van der Waals surface area contributed by atoms with Gasteiger partial charge in [-0.1, -0.05) is 89.1 Å². The zero-order valence-electron chi connectivity index (χ0n) is 29.0. The Hall–Kier alpha value is -3.78. The molecule has 2 nitrogen and oxygen atoms in total. The van der Waals surface area contributed by atoms with Gasteiger partial charge in [-0.3, -0.25) is 0 Å². The van der Waals surface area contributed by atoms with Crippen LogP contribution in [-0.4, -0.2) is 0 Å². The normalized spacial score (nSPS) is 23.2. The highest BCUT2D eigenvalue weighted by Gasteiger charge is 2.62. The van der Waals surface area contributed by atoms with Crippen molar-refractivity contribution in [3.05, 3.63) is 119 Å². The van der Waals surface area contributed by atoms with E-state index in [1.54, 1.807) is 5.56 Å². The van der Waals surface area contributed by atoms with Crippen LogP contribution in [0.3, 0.4) is 0 Å². The van der Waals surface area contributed by atoms with Gasteiger partial charge in [-0.15, -0.1) is 0 Å². The van der Waals surface area contributed by atoms with Gasteiger partial charge in [-0.05, 0) is 71.5 Å². The van der Waals surface area contributed by atoms with Gasteiger partial charge in [-0.25, -0.2) is 0 Å². The van der Waals surface area contributed by atoms with Crippen LogP contribution in [0.4, 0.5) is 0 Å². The van der Waals surface area contributed by atoms with Gasteiger partial charge in [0.1, 0.15) is 0 Å². The Morgan fingerprint density at radius 1 is 0.804 bits per heavy atom. The summed E-state index contributed by atoms with van der Waals surface area (Å²) >= 11 is 0. The van der Waals surface area contributed by atoms with Crippen molar-refractivity contribution < 1.29 is 9.13 Å². The van der Waals surface area contributed by atoms with Crippen molar-refractivity contribution in [2.24, 2.45) is 0 Å². The van der Waals surface area contributed by atoms with Crippen LogP contribution in [0.2, 0.25) is 0 Å². The Morgan fingerprint density at radius 3 is 2.41 bits per heavy atom. The SMILES string of the molecule is CCCCc1cc2c3c4[n+](ccc3c1)C(C)(CC)C(CC)(CC1Cc3ccc(C)cc3-c3cccc[n+]31)c1cccc(c1-4)C2(C)C. The number of fused-ring (bicyclic) bond motifs is 3. The van der Waals surface area contributed by atoms with Gasteiger partial charge in [0.25, 0.3) is 0 Å². The van der Waals surface area contributed by atoms with Crippen LogP contribution >= 0.6 is 0 Å². The molecule has 2 heteroatoms. The second-order valence-corrected chi connectivity index (χ2v) is 15.4. The van der Waals surface area contributed by atoms with Crippen molar-refractivity contribution in [1.29, 1.82) is 0 Å². The molecule has 0 radical (unpaired) electrons. The molecule has 0 spiro atoms. The van der Waals surface area contributed by atoms with Crippen LogP contribution in [0, 0.1) is 6.92 Å². The molecule has 3 aliphatic rings. The van der Waals surface area contributed by atoms with E-state index in [2.05, 4.69) is 143 Å². The van der Waals surface area contributed by atoms with Gasteiger partial charge >= 0.3 is 0 Å². The molecule has 0 bridgehead atoms. The second-order valence-electron chi connectivity index (χ2n) is 15.4. The standard InChI is InChI=1S/C44H50N2/c1-8-11-15-30-25-32-21-23-46-41-39(32)37(26-30)42(5,6)35-16-14-17-36(40(35)41)44(10-3,43(46,7)9-2)28-33-27-31-20-19-29(4)24-34(31)38-18-12-13-22-45(33)38/h12-14,16-26,33H,8-11,15,27-28H2,1-7H3/q+2. The van der Waals surface area contributed by atoms with Crippen LogP contribution < -0.4 is 9.13 Å². The largest absolute Gasteiger partial charge is 0.221 e. The topological polar surface area (TPSA) is 7.76 Å². The average Bonchev–Trinajstić information content (AvgIpc) is 3.07. The molecule has 5 aromatic rings. The molecular formula is C44H50N2+2. The maximum absolute atomic E-state index is 2.76. The molecule has 46 heavy (non-hydrogen) atoms. The number of nitrogens with zero attached hydrogens (tertiary/aromatic N) is 2. The minimum absolute atomic E-state index is 0.0416. The van der Waals surface area contributed by atoms with Gasteiger partial charge in [0.15, 0.2) is 24.0 Å². The Bertz CT molecular complexity index is 2030. The molecule has 0 amide bonds. The van der Waals surface area contributed by atoms with Crippen molar-refractivity contribution >= 4 is 10.8 Å². The first-order chi connectivity index (χ1) is 22.2. The van der Waals surface area contributed by atoms with E-state index in [0.29, 0.717) is 6.04 Å². The molecule has 0 N–H and O–H groups in total. The van der Waals surface area contributed by atoms with Crippen LogP contribution in [0.25, 0.3) is 33.3 Å². The Balaban J connectivity index is 1.38. The Labute approximate surface area is 276 Å². The number of pyridine rings is 2. The summed E-state index contributed by atoms with van der Waals surface area (Å²) in [5.74, 6) is 0. The number of aryl methyl sites for hydroxylation is 2. The minimum Gasteiger partial charge on any atom is -0.195 e. The van der Waals surface area contributed by atoms with Gasteiger partial charge in [0.05, 0.1) is 16.4 Å². The van der Waals surface area contributed by atoms with Crippen molar-refractivity contribution in [3.63, 3.8) is 0 Å². The summed E-state index contributed by atoms with van der Waals surface area (Å²) in [5, 5.41) is 2.90. The number of aromatic nitrogens is 2. The number of rotatable bonds is 7. The van der Waals surface area contributed by atoms with Crippen molar-refractivity contribution in [2.45, 2.75) is 116 Å². The van der Waals surface area contributed by atoms with E-state index in [1.807, 2.05) is 0 Å². The van der Waals surface area contributed by atoms with Gasteiger partial charge in [0.2, 0.25) is 11.4 Å². The first kappa shape index (κ1) is 29.6. The highest BCUT2D eigenvalue weighted by atomic mass is 15.1. The summed E-state index contributed by atoms with van der Waals surface area (Å²) < 4.78 is 5.37. The maximum Gasteiger partial charge on any atom is 0.221 e. The number of hydrogen-bond donors (Lipinski definition) is 0. The lowest BCUT2D eigenvalue weighted by Crippen LogP contribution is -2.70. The Kier molecular flexibility index (Phi) is 6.67. The maximum atomic E-state index is 2.76. The third-order valence-electron chi connectivity index (χ3n) is 12.8. The predicted octanol–water partition coefficient (Wildman–Crippen LogP) is 10.0. The monoisotopic (exact) mass is 606 g/mol. The zero-order valence-corrected chi connectivity index (χ0v) is 29.0. The van der Waals surface area contributed by atoms with E-state index in [4.69, 9.17) is 0 Å². The molecule has 3 unspecified atom stereocenters. The van der Waals surface area contributed by atoms with Gasteiger partial charge in [0, 0.05) is 55.4 Å². The van der Waals surface area contributed by atoms with E-state index in [-0.39, 0.29) is 16.4 Å². The quantitative estimate of drug-likeness (QED) is 0.163. The van der Waals surface area contributed by atoms with E-state index < -0.39 is 0 Å². The first-order valence-electron chi connectivity index (χ1n) is 17.9. The van der Waals surface area contributed by atoms with Crippen molar-refractivity contribution in [1.82, 2.24) is 0 Å². The third-order valence-corrected chi connectivity index (χ3v) is 12.8. The van der Waals surface area contributed by atoms with E-state index in [1.165, 1.54) is 73.9 Å². The van der Waals surface area contributed by atoms with Gasteiger partial charge in [-0.2, -0.15) is 9.13 Å². The first-order valence-corrected chi connectivity index (χ1v) is 17.9. The number of unbranched alkanes of at least 4 members (excludes halogenated alkanes) is 1. The third kappa shape index (κ3) is 3.82. The summed E-state index contributed by atoms with van der Waals surface area (Å²) in [6, 6.07) is 29.1. The summed E-state index contributed by atoms with van der Waals surface area (Å²) in [7, 11) is 0. The fraction of sp³-hybridized carbons (Fsp3) is 0.409. The molecule has 3 aromatic carbocycles. The number of hydrogen-bond acceptors (Lipinski definition) is 0. The lowest BCUT2D eigenvalue weighted by molar-refractivity contribution is -0.769. The molecule has 4 heterocycles. The molecule has 1 aliphatic carbocycles. The molecule has 8 rings (SSSR count). The lowest BCUT2D eigenvalue weighted by Gasteiger charge is -2.51. The number of benzene rings is 3.